The Morgan fingerprint density at radius 3 is 3.06 bits per heavy atom. The van der Waals surface area contributed by atoms with Gasteiger partial charge in [0, 0.05) is 25.5 Å². The summed E-state index contributed by atoms with van der Waals surface area (Å²) in [5.74, 6) is 0.406. The van der Waals surface area contributed by atoms with E-state index in [4.69, 9.17) is 16.3 Å². The highest BCUT2D eigenvalue weighted by Crippen LogP contribution is 2.27. The first kappa shape index (κ1) is 12.1. The number of hydrogen-bond acceptors (Lipinski definition) is 5. The molecular weight excluding hydrogens is 242 g/mol. The molecule has 0 N–H and O–H groups in total. The Morgan fingerprint density at radius 1 is 1.59 bits per heavy atom. The topological polar surface area (TPSA) is 55.3 Å². The van der Waals surface area contributed by atoms with Gasteiger partial charge < -0.3 is 9.64 Å². The highest BCUT2D eigenvalue weighted by molar-refractivity contribution is 6.31. The second-order valence-electron chi connectivity index (χ2n) is 3.85. The number of carbonyl (C=O) groups is 1. The van der Waals surface area contributed by atoms with Gasteiger partial charge in [-0.2, -0.15) is 0 Å². The molecule has 0 saturated carbocycles. The van der Waals surface area contributed by atoms with Crippen LogP contribution in [0.2, 0.25) is 5.15 Å². The summed E-state index contributed by atoms with van der Waals surface area (Å²) >= 11 is 5.96. The third-order valence-electron chi connectivity index (χ3n) is 2.74. The van der Waals surface area contributed by atoms with Crippen LogP contribution in [0.3, 0.4) is 0 Å². The van der Waals surface area contributed by atoms with Crippen LogP contribution in [-0.4, -0.2) is 35.6 Å². The van der Waals surface area contributed by atoms with Gasteiger partial charge in [0.05, 0.1) is 12.5 Å². The standard InChI is InChI=1S/C11H14ClN3O2/c1-2-17-11(16)8-3-6-15(7-8)10-9(12)13-4-5-14-10/h4-5,8H,2-3,6-7H2,1H3/t8-/m0/s1. The Bertz CT molecular complexity index is 413. The van der Waals surface area contributed by atoms with Crippen molar-refractivity contribution in [1.29, 1.82) is 0 Å². The first-order valence-electron chi connectivity index (χ1n) is 5.60. The average Bonchev–Trinajstić information content (AvgIpc) is 2.79. The number of nitrogens with zero attached hydrogens (tertiary/aromatic N) is 3. The number of esters is 1. The Balaban J connectivity index is 2.03. The fourth-order valence-electron chi connectivity index (χ4n) is 1.93. The summed E-state index contributed by atoms with van der Waals surface area (Å²) in [5.41, 5.74) is 0. The maximum Gasteiger partial charge on any atom is 0.310 e. The van der Waals surface area contributed by atoms with Gasteiger partial charge in [-0.1, -0.05) is 11.6 Å². The predicted molar refractivity (Wildman–Crippen MR) is 64.0 cm³/mol. The number of rotatable bonds is 3. The minimum absolute atomic E-state index is 0.0898. The van der Waals surface area contributed by atoms with Crippen molar-refractivity contribution in [2.75, 3.05) is 24.6 Å². The molecule has 0 amide bonds. The van der Waals surface area contributed by atoms with E-state index < -0.39 is 0 Å². The van der Waals surface area contributed by atoms with E-state index in [0.29, 0.717) is 24.1 Å². The second-order valence-corrected chi connectivity index (χ2v) is 4.21. The molecule has 0 aliphatic carbocycles. The molecule has 0 spiro atoms. The second kappa shape index (κ2) is 5.31. The molecular formula is C11H14ClN3O2. The highest BCUT2D eigenvalue weighted by Gasteiger charge is 2.31. The van der Waals surface area contributed by atoms with E-state index >= 15 is 0 Å². The molecule has 0 bridgehead atoms. The predicted octanol–water partition coefficient (Wildman–Crippen LogP) is 1.52. The third kappa shape index (κ3) is 2.66. The van der Waals surface area contributed by atoms with Crippen LogP contribution in [0.4, 0.5) is 5.82 Å². The van der Waals surface area contributed by atoms with Gasteiger partial charge in [-0.15, -0.1) is 0 Å². The molecule has 1 aromatic heterocycles. The summed E-state index contributed by atoms with van der Waals surface area (Å²) in [6.07, 6.45) is 3.91. The SMILES string of the molecule is CCOC(=O)[C@H]1CCN(c2nccnc2Cl)C1. The van der Waals surface area contributed by atoms with E-state index in [1.165, 1.54) is 0 Å². The average molecular weight is 256 g/mol. The molecule has 0 unspecified atom stereocenters. The van der Waals surface area contributed by atoms with Gasteiger partial charge in [-0.05, 0) is 13.3 Å². The van der Waals surface area contributed by atoms with Crippen LogP contribution < -0.4 is 4.90 Å². The van der Waals surface area contributed by atoms with Crippen molar-refractivity contribution in [1.82, 2.24) is 9.97 Å². The lowest BCUT2D eigenvalue weighted by molar-refractivity contribution is -0.147. The molecule has 1 aliphatic rings. The molecule has 1 fully saturated rings. The summed E-state index contributed by atoms with van der Waals surface area (Å²) in [6, 6.07) is 0. The van der Waals surface area contributed by atoms with E-state index in [2.05, 4.69) is 9.97 Å². The van der Waals surface area contributed by atoms with Crippen LogP contribution in [0, 0.1) is 5.92 Å². The van der Waals surface area contributed by atoms with Gasteiger partial charge in [-0.3, -0.25) is 4.79 Å². The highest BCUT2D eigenvalue weighted by atomic mass is 35.5. The quantitative estimate of drug-likeness (QED) is 0.767. The number of hydrogen-bond donors (Lipinski definition) is 0. The first-order valence-corrected chi connectivity index (χ1v) is 5.98. The monoisotopic (exact) mass is 255 g/mol. The molecule has 6 heteroatoms. The number of anilines is 1. The van der Waals surface area contributed by atoms with Crippen molar-refractivity contribution < 1.29 is 9.53 Å². The number of carbonyl (C=O) groups excluding carboxylic acids is 1. The van der Waals surface area contributed by atoms with Crippen LogP contribution in [0.5, 0.6) is 0 Å². The summed E-state index contributed by atoms with van der Waals surface area (Å²) in [6.45, 7) is 3.57. The van der Waals surface area contributed by atoms with Crippen molar-refractivity contribution in [3.8, 4) is 0 Å². The van der Waals surface area contributed by atoms with Gasteiger partial charge in [-0.25, -0.2) is 9.97 Å². The Morgan fingerprint density at radius 2 is 2.35 bits per heavy atom. The van der Waals surface area contributed by atoms with Crippen LogP contribution in [0.25, 0.3) is 0 Å². The fourth-order valence-corrected chi connectivity index (χ4v) is 2.16. The number of halogens is 1. The molecule has 1 atom stereocenters. The maximum atomic E-state index is 11.6. The van der Waals surface area contributed by atoms with Crippen molar-refractivity contribution in [3.05, 3.63) is 17.5 Å². The molecule has 17 heavy (non-hydrogen) atoms. The van der Waals surface area contributed by atoms with Gasteiger partial charge in [0.15, 0.2) is 11.0 Å². The molecule has 5 nitrogen and oxygen atoms in total. The zero-order valence-electron chi connectivity index (χ0n) is 9.60. The van der Waals surface area contributed by atoms with Gasteiger partial charge in [0.25, 0.3) is 0 Å². The fraction of sp³-hybridized carbons (Fsp3) is 0.545. The molecule has 2 heterocycles. The maximum absolute atomic E-state index is 11.6. The minimum Gasteiger partial charge on any atom is -0.466 e. The van der Waals surface area contributed by atoms with Crippen molar-refractivity contribution >= 4 is 23.4 Å². The molecule has 0 aromatic carbocycles. The molecule has 2 rings (SSSR count). The molecule has 1 aromatic rings. The van der Waals surface area contributed by atoms with E-state index in [1.54, 1.807) is 12.4 Å². The van der Waals surface area contributed by atoms with Crippen LogP contribution in [-0.2, 0) is 9.53 Å². The molecule has 92 valence electrons. The zero-order valence-corrected chi connectivity index (χ0v) is 10.4. The summed E-state index contributed by atoms with van der Waals surface area (Å²) in [4.78, 5) is 21.7. The van der Waals surface area contributed by atoms with E-state index in [0.717, 1.165) is 13.0 Å². The van der Waals surface area contributed by atoms with Crippen molar-refractivity contribution in [2.45, 2.75) is 13.3 Å². The van der Waals surface area contributed by atoms with E-state index in [9.17, 15) is 4.79 Å². The number of ether oxygens (including phenoxy) is 1. The molecule has 1 aliphatic heterocycles. The van der Waals surface area contributed by atoms with E-state index in [-0.39, 0.29) is 11.9 Å². The molecule has 0 radical (unpaired) electrons. The van der Waals surface area contributed by atoms with Crippen LogP contribution >= 0.6 is 11.6 Å². The van der Waals surface area contributed by atoms with Gasteiger partial charge in [0.2, 0.25) is 0 Å². The lowest BCUT2D eigenvalue weighted by Gasteiger charge is -2.17. The van der Waals surface area contributed by atoms with Crippen molar-refractivity contribution in [3.63, 3.8) is 0 Å². The lowest BCUT2D eigenvalue weighted by Crippen LogP contribution is -2.25. The van der Waals surface area contributed by atoms with Crippen LogP contribution in [0.15, 0.2) is 12.4 Å². The Kier molecular flexibility index (Phi) is 3.78. The summed E-state index contributed by atoms with van der Waals surface area (Å²) in [5, 5.41) is 0.372. The summed E-state index contributed by atoms with van der Waals surface area (Å²) in [7, 11) is 0. The summed E-state index contributed by atoms with van der Waals surface area (Å²) < 4.78 is 5.01. The smallest absolute Gasteiger partial charge is 0.310 e. The number of aromatic nitrogens is 2. The normalized spacial score (nSPS) is 19.4. The Labute approximate surface area is 105 Å². The van der Waals surface area contributed by atoms with E-state index in [1.807, 2.05) is 11.8 Å². The van der Waals surface area contributed by atoms with Crippen LogP contribution in [0.1, 0.15) is 13.3 Å². The molecule has 1 saturated heterocycles. The lowest BCUT2D eigenvalue weighted by atomic mass is 10.1. The largest absolute Gasteiger partial charge is 0.466 e. The van der Waals surface area contributed by atoms with Gasteiger partial charge in [0.1, 0.15) is 0 Å². The first-order chi connectivity index (χ1) is 8.22. The third-order valence-corrected chi connectivity index (χ3v) is 3.01. The van der Waals surface area contributed by atoms with Crippen molar-refractivity contribution in [2.24, 2.45) is 5.92 Å². The minimum atomic E-state index is -0.144. The van der Waals surface area contributed by atoms with Gasteiger partial charge >= 0.3 is 5.97 Å². The zero-order chi connectivity index (χ0) is 12.3. The Hall–Kier alpha value is -1.36.